The van der Waals surface area contributed by atoms with Crippen molar-refractivity contribution in [3.8, 4) is 0 Å². The van der Waals surface area contributed by atoms with Gasteiger partial charge in [0.15, 0.2) is 0 Å². The molecule has 0 aliphatic carbocycles. The Morgan fingerprint density at radius 1 is 1.31 bits per heavy atom. The third kappa shape index (κ3) is 2.85. The fourth-order valence-electron chi connectivity index (χ4n) is 1.46. The molecule has 1 aromatic carbocycles. The second-order valence-corrected chi connectivity index (χ2v) is 3.40. The Balaban J connectivity index is 2.75. The second-order valence-electron chi connectivity index (χ2n) is 3.40. The molecule has 0 saturated heterocycles. The van der Waals surface area contributed by atoms with Crippen LogP contribution in [0.5, 0.6) is 0 Å². The number of aliphatic hydroxyl groups is 1. The fourth-order valence-corrected chi connectivity index (χ4v) is 1.46. The Bertz CT molecular complexity index is 255. The Hall–Kier alpha value is -0.820. The first-order chi connectivity index (χ1) is 6.27. The van der Waals surface area contributed by atoms with Crippen LogP contribution in [0.15, 0.2) is 24.3 Å². The zero-order valence-corrected chi connectivity index (χ0v) is 8.46. The molecule has 1 heteroatoms. The molecule has 0 aliphatic heterocycles. The van der Waals surface area contributed by atoms with Gasteiger partial charge >= 0.3 is 0 Å². The van der Waals surface area contributed by atoms with Crippen LogP contribution >= 0.6 is 0 Å². The van der Waals surface area contributed by atoms with Crippen LogP contribution in [0, 0.1) is 0 Å². The van der Waals surface area contributed by atoms with Crippen LogP contribution < -0.4 is 0 Å². The molecule has 1 rings (SSSR count). The largest absolute Gasteiger partial charge is 0.388 e. The van der Waals surface area contributed by atoms with Crippen molar-refractivity contribution in [3.63, 3.8) is 0 Å². The molecule has 1 aromatic rings. The fraction of sp³-hybridized carbons (Fsp3) is 0.500. The average molecular weight is 178 g/mol. The first-order valence-corrected chi connectivity index (χ1v) is 5.04. The Morgan fingerprint density at radius 3 is 2.69 bits per heavy atom. The van der Waals surface area contributed by atoms with E-state index in [0.717, 1.165) is 24.8 Å². The lowest BCUT2D eigenvalue weighted by molar-refractivity contribution is 0.166. The van der Waals surface area contributed by atoms with Crippen molar-refractivity contribution in [1.82, 2.24) is 0 Å². The maximum atomic E-state index is 9.74. The van der Waals surface area contributed by atoms with E-state index in [2.05, 4.69) is 26.0 Å². The third-order valence-electron chi connectivity index (χ3n) is 2.31. The molecule has 0 heterocycles. The zero-order valence-electron chi connectivity index (χ0n) is 8.46. The molecule has 0 radical (unpaired) electrons. The van der Waals surface area contributed by atoms with Crippen LogP contribution in [0.3, 0.4) is 0 Å². The van der Waals surface area contributed by atoms with Crippen molar-refractivity contribution in [2.24, 2.45) is 0 Å². The van der Waals surface area contributed by atoms with Crippen LogP contribution in [-0.4, -0.2) is 5.11 Å². The molecule has 0 aliphatic rings. The van der Waals surface area contributed by atoms with Gasteiger partial charge in [0.25, 0.3) is 0 Å². The molecule has 1 nitrogen and oxygen atoms in total. The van der Waals surface area contributed by atoms with Crippen molar-refractivity contribution >= 4 is 0 Å². The number of aliphatic hydroxyl groups excluding tert-OH is 1. The standard InChI is InChI=1S/C12H18O/c1-3-6-12(13)11-8-5-7-10(4-2)9-11/h5,7-9,12-13H,3-4,6H2,1-2H3. The highest BCUT2D eigenvalue weighted by Crippen LogP contribution is 2.19. The van der Waals surface area contributed by atoms with Gasteiger partial charge in [-0.05, 0) is 24.0 Å². The summed E-state index contributed by atoms with van der Waals surface area (Å²) in [7, 11) is 0. The topological polar surface area (TPSA) is 20.2 Å². The minimum Gasteiger partial charge on any atom is -0.388 e. The summed E-state index contributed by atoms with van der Waals surface area (Å²) in [5, 5.41) is 9.74. The Kier molecular flexibility index (Phi) is 3.97. The van der Waals surface area contributed by atoms with Crippen LogP contribution in [0.2, 0.25) is 0 Å². The van der Waals surface area contributed by atoms with Gasteiger partial charge in [0.2, 0.25) is 0 Å². The molecule has 0 aromatic heterocycles. The van der Waals surface area contributed by atoms with Crippen molar-refractivity contribution < 1.29 is 5.11 Å². The van der Waals surface area contributed by atoms with Gasteiger partial charge in [-0.3, -0.25) is 0 Å². The van der Waals surface area contributed by atoms with Gasteiger partial charge in [-0.15, -0.1) is 0 Å². The smallest absolute Gasteiger partial charge is 0.0790 e. The summed E-state index contributed by atoms with van der Waals surface area (Å²) in [5.74, 6) is 0. The van der Waals surface area contributed by atoms with E-state index >= 15 is 0 Å². The lowest BCUT2D eigenvalue weighted by Gasteiger charge is -2.10. The molecule has 0 amide bonds. The predicted molar refractivity (Wildman–Crippen MR) is 55.7 cm³/mol. The summed E-state index contributed by atoms with van der Waals surface area (Å²) in [6, 6.07) is 8.22. The molecular formula is C12H18O. The first kappa shape index (κ1) is 10.3. The minimum absolute atomic E-state index is 0.281. The quantitative estimate of drug-likeness (QED) is 0.751. The first-order valence-electron chi connectivity index (χ1n) is 5.04. The van der Waals surface area contributed by atoms with E-state index in [-0.39, 0.29) is 6.10 Å². The van der Waals surface area contributed by atoms with Crippen molar-refractivity contribution in [2.75, 3.05) is 0 Å². The highest BCUT2D eigenvalue weighted by atomic mass is 16.3. The van der Waals surface area contributed by atoms with Gasteiger partial charge in [-0.2, -0.15) is 0 Å². The Morgan fingerprint density at radius 2 is 2.08 bits per heavy atom. The highest BCUT2D eigenvalue weighted by molar-refractivity contribution is 5.25. The monoisotopic (exact) mass is 178 g/mol. The maximum Gasteiger partial charge on any atom is 0.0790 e. The molecule has 0 bridgehead atoms. The second kappa shape index (κ2) is 5.03. The number of rotatable bonds is 4. The highest BCUT2D eigenvalue weighted by Gasteiger charge is 2.05. The number of hydrogen-bond donors (Lipinski definition) is 1. The lowest BCUT2D eigenvalue weighted by Crippen LogP contribution is -1.97. The molecule has 72 valence electrons. The van der Waals surface area contributed by atoms with Gasteiger partial charge in [0.1, 0.15) is 0 Å². The number of benzene rings is 1. The molecule has 1 N–H and O–H groups in total. The lowest BCUT2D eigenvalue weighted by atomic mass is 10.0. The van der Waals surface area contributed by atoms with E-state index in [9.17, 15) is 5.11 Å². The van der Waals surface area contributed by atoms with Crippen LogP contribution in [-0.2, 0) is 6.42 Å². The van der Waals surface area contributed by atoms with Crippen molar-refractivity contribution in [3.05, 3.63) is 35.4 Å². The van der Waals surface area contributed by atoms with E-state index < -0.39 is 0 Å². The summed E-state index contributed by atoms with van der Waals surface area (Å²) < 4.78 is 0. The number of aryl methyl sites for hydroxylation is 1. The molecule has 1 atom stereocenters. The van der Waals surface area contributed by atoms with Crippen LogP contribution in [0.4, 0.5) is 0 Å². The van der Waals surface area contributed by atoms with E-state index in [0.29, 0.717) is 0 Å². The summed E-state index contributed by atoms with van der Waals surface area (Å²) in [6.45, 7) is 4.22. The summed E-state index contributed by atoms with van der Waals surface area (Å²) in [6.07, 6.45) is 2.63. The molecule has 1 unspecified atom stereocenters. The summed E-state index contributed by atoms with van der Waals surface area (Å²) in [4.78, 5) is 0. The molecule has 0 saturated carbocycles. The van der Waals surface area contributed by atoms with E-state index in [1.807, 2.05) is 12.1 Å². The van der Waals surface area contributed by atoms with E-state index in [4.69, 9.17) is 0 Å². The van der Waals surface area contributed by atoms with Crippen LogP contribution in [0.25, 0.3) is 0 Å². The van der Waals surface area contributed by atoms with Crippen molar-refractivity contribution in [1.29, 1.82) is 0 Å². The van der Waals surface area contributed by atoms with E-state index in [1.54, 1.807) is 0 Å². The maximum absolute atomic E-state index is 9.74. The van der Waals surface area contributed by atoms with Crippen LogP contribution in [0.1, 0.15) is 43.9 Å². The SMILES string of the molecule is CCCC(O)c1cccc(CC)c1. The third-order valence-corrected chi connectivity index (χ3v) is 2.31. The van der Waals surface area contributed by atoms with Gasteiger partial charge < -0.3 is 5.11 Å². The molecule has 0 fully saturated rings. The van der Waals surface area contributed by atoms with Gasteiger partial charge in [0.05, 0.1) is 6.10 Å². The Labute approximate surface area is 80.4 Å². The van der Waals surface area contributed by atoms with E-state index in [1.165, 1.54) is 5.56 Å². The normalized spacial score (nSPS) is 12.8. The molecular weight excluding hydrogens is 160 g/mol. The predicted octanol–water partition coefficient (Wildman–Crippen LogP) is 3.08. The van der Waals surface area contributed by atoms with Gasteiger partial charge in [0, 0.05) is 0 Å². The molecule has 0 spiro atoms. The van der Waals surface area contributed by atoms with Crippen molar-refractivity contribution in [2.45, 2.75) is 39.2 Å². The number of hydrogen-bond acceptors (Lipinski definition) is 1. The zero-order chi connectivity index (χ0) is 9.68. The summed E-state index contributed by atoms with van der Waals surface area (Å²) in [5.41, 5.74) is 2.36. The van der Waals surface area contributed by atoms with Gasteiger partial charge in [-0.25, -0.2) is 0 Å². The average Bonchev–Trinajstić information content (AvgIpc) is 2.18. The van der Waals surface area contributed by atoms with Gasteiger partial charge in [-0.1, -0.05) is 44.5 Å². The minimum atomic E-state index is -0.281. The summed E-state index contributed by atoms with van der Waals surface area (Å²) >= 11 is 0. The molecule has 13 heavy (non-hydrogen) atoms.